The van der Waals surface area contributed by atoms with Crippen LogP contribution in [0.1, 0.15) is 24.0 Å². The van der Waals surface area contributed by atoms with E-state index >= 15 is 4.39 Å². The number of halogens is 1. The summed E-state index contributed by atoms with van der Waals surface area (Å²) in [6, 6.07) is 11.5. The molecule has 0 amide bonds. The fourth-order valence-electron chi connectivity index (χ4n) is 4.05. The molecule has 0 aliphatic heterocycles. The summed E-state index contributed by atoms with van der Waals surface area (Å²) in [5, 5.41) is 4.32. The van der Waals surface area contributed by atoms with Gasteiger partial charge in [0, 0.05) is 29.3 Å². The number of hydrogen-bond donors (Lipinski definition) is 2. The largest absolute Gasteiger partial charge is 0.493 e. The molecule has 154 valence electrons. The third-order valence-electron chi connectivity index (χ3n) is 5.64. The standard InChI is InChI=1S/C24H24FN3O2/c1-13(12-26-3)15-7-9-16(10-8-15)18-19-21(14(2)20(25)23(18)30-4)28-24(29)17-6-5-11-27-22(17)19/h5-11,13,26H,12H2,1-4H3,(H,28,29). The Morgan fingerprint density at radius 3 is 2.63 bits per heavy atom. The third-order valence-corrected chi connectivity index (χ3v) is 5.64. The van der Waals surface area contributed by atoms with Gasteiger partial charge in [-0.1, -0.05) is 31.2 Å². The highest BCUT2D eigenvalue weighted by atomic mass is 19.1. The topological polar surface area (TPSA) is 67.0 Å². The number of hydrogen-bond acceptors (Lipinski definition) is 4. The number of rotatable bonds is 5. The number of methoxy groups -OCH3 is 1. The molecule has 0 saturated heterocycles. The summed E-state index contributed by atoms with van der Waals surface area (Å²) in [6.45, 7) is 4.65. The third kappa shape index (κ3) is 3.13. The Kier molecular flexibility index (Phi) is 5.26. The molecule has 1 unspecified atom stereocenters. The SMILES string of the molecule is CNCC(C)c1ccc(-c2c(OC)c(F)c(C)c3[nH]c(=O)c4cccnc4c23)cc1. The zero-order valence-electron chi connectivity index (χ0n) is 17.5. The molecule has 6 heteroatoms. The van der Waals surface area contributed by atoms with Crippen molar-refractivity contribution in [3.8, 4) is 16.9 Å². The number of H-pyrrole nitrogens is 1. The van der Waals surface area contributed by atoms with Crippen molar-refractivity contribution in [2.24, 2.45) is 0 Å². The van der Waals surface area contributed by atoms with Gasteiger partial charge in [-0.2, -0.15) is 0 Å². The summed E-state index contributed by atoms with van der Waals surface area (Å²) in [5.41, 5.74) is 3.57. The van der Waals surface area contributed by atoms with Gasteiger partial charge < -0.3 is 15.0 Å². The molecule has 2 aromatic carbocycles. The molecule has 4 rings (SSSR count). The molecule has 0 saturated carbocycles. The Hall–Kier alpha value is -3.25. The maximum atomic E-state index is 15.2. The van der Waals surface area contributed by atoms with Crippen LogP contribution in [0.2, 0.25) is 0 Å². The summed E-state index contributed by atoms with van der Waals surface area (Å²) in [4.78, 5) is 19.9. The normalized spacial score (nSPS) is 12.4. The minimum absolute atomic E-state index is 0.148. The van der Waals surface area contributed by atoms with Crippen molar-refractivity contribution >= 4 is 21.8 Å². The lowest BCUT2D eigenvalue weighted by molar-refractivity contribution is 0.388. The monoisotopic (exact) mass is 405 g/mol. The highest BCUT2D eigenvalue weighted by Crippen LogP contribution is 2.42. The smallest absolute Gasteiger partial charge is 0.257 e. The first kappa shape index (κ1) is 20.0. The summed E-state index contributed by atoms with van der Waals surface area (Å²) in [6.07, 6.45) is 1.64. The fourth-order valence-corrected chi connectivity index (χ4v) is 4.05. The van der Waals surface area contributed by atoms with Crippen LogP contribution in [-0.4, -0.2) is 30.7 Å². The van der Waals surface area contributed by atoms with E-state index in [9.17, 15) is 4.79 Å². The van der Waals surface area contributed by atoms with E-state index in [0.29, 0.717) is 38.9 Å². The van der Waals surface area contributed by atoms with Crippen molar-refractivity contribution in [3.63, 3.8) is 0 Å². The highest BCUT2D eigenvalue weighted by molar-refractivity contribution is 6.13. The first-order chi connectivity index (χ1) is 14.5. The zero-order valence-corrected chi connectivity index (χ0v) is 17.5. The van der Waals surface area contributed by atoms with Crippen LogP contribution in [0.25, 0.3) is 32.9 Å². The lowest BCUT2D eigenvalue weighted by atomic mass is 9.92. The molecule has 2 N–H and O–H groups in total. The number of nitrogens with one attached hydrogen (secondary N) is 2. The maximum absolute atomic E-state index is 15.2. The molecule has 0 fully saturated rings. The van der Waals surface area contributed by atoms with Crippen molar-refractivity contribution in [3.05, 3.63) is 69.9 Å². The molecular formula is C24H24FN3O2. The molecule has 0 bridgehead atoms. The summed E-state index contributed by atoms with van der Waals surface area (Å²) >= 11 is 0. The van der Waals surface area contributed by atoms with Gasteiger partial charge in [-0.25, -0.2) is 4.39 Å². The number of ether oxygens (including phenoxy) is 1. The average Bonchev–Trinajstić information content (AvgIpc) is 2.77. The van der Waals surface area contributed by atoms with E-state index in [1.54, 1.807) is 25.3 Å². The summed E-state index contributed by atoms with van der Waals surface area (Å²) in [5.74, 6) is 0.00452. The number of likely N-dealkylation sites (N-methyl/N-ethyl adjacent to an activating group) is 1. The second-order valence-corrected chi connectivity index (χ2v) is 7.53. The Labute approximate surface area is 173 Å². The summed E-state index contributed by atoms with van der Waals surface area (Å²) in [7, 11) is 3.38. The van der Waals surface area contributed by atoms with Crippen LogP contribution >= 0.6 is 0 Å². The van der Waals surface area contributed by atoms with E-state index in [1.165, 1.54) is 12.7 Å². The van der Waals surface area contributed by atoms with Crippen LogP contribution in [0.5, 0.6) is 5.75 Å². The quantitative estimate of drug-likeness (QED) is 0.479. The predicted octanol–water partition coefficient (Wildman–Crippen LogP) is 4.52. The van der Waals surface area contributed by atoms with E-state index in [0.717, 1.165) is 12.1 Å². The number of pyridine rings is 2. The highest BCUT2D eigenvalue weighted by Gasteiger charge is 2.23. The van der Waals surface area contributed by atoms with Gasteiger partial charge in [0.2, 0.25) is 0 Å². The molecule has 0 radical (unpaired) electrons. The summed E-state index contributed by atoms with van der Waals surface area (Å²) < 4.78 is 20.8. The lowest BCUT2D eigenvalue weighted by Gasteiger charge is -2.18. The predicted molar refractivity (Wildman–Crippen MR) is 119 cm³/mol. The van der Waals surface area contributed by atoms with Crippen molar-refractivity contribution in [2.45, 2.75) is 19.8 Å². The van der Waals surface area contributed by atoms with Gasteiger partial charge in [0.25, 0.3) is 5.56 Å². The number of aromatic nitrogens is 2. The average molecular weight is 405 g/mol. The van der Waals surface area contributed by atoms with Crippen molar-refractivity contribution < 1.29 is 9.13 Å². The van der Waals surface area contributed by atoms with Crippen LogP contribution in [0.15, 0.2) is 47.4 Å². The molecular weight excluding hydrogens is 381 g/mol. The van der Waals surface area contributed by atoms with Gasteiger partial charge in [0.15, 0.2) is 11.6 Å². The number of aryl methyl sites for hydroxylation is 1. The number of fused-ring (bicyclic) bond motifs is 3. The van der Waals surface area contributed by atoms with Gasteiger partial charge in [0.1, 0.15) is 0 Å². The zero-order chi connectivity index (χ0) is 21.4. The minimum atomic E-state index is -0.487. The van der Waals surface area contributed by atoms with Crippen molar-refractivity contribution in [1.29, 1.82) is 0 Å². The molecule has 0 aliphatic rings. The lowest BCUT2D eigenvalue weighted by Crippen LogP contribution is -2.14. The maximum Gasteiger partial charge on any atom is 0.257 e. The Morgan fingerprint density at radius 2 is 1.97 bits per heavy atom. The molecule has 2 heterocycles. The van der Waals surface area contributed by atoms with Crippen LogP contribution in [0.4, 0.5) is 4.39 Å². The Balaban J connectivity index is 2.09. The van der Waals surface area contributed by atoms with E-state index in [2.05, 4.69) is 22.2 Å². The van der Waals surface area contributed by atoms with Crippen LogP contribution in [-0.2, 0) is 0 Å². The fraction of sp³-hybridized carbons (Fsp3) is 0.250. The number of aromatic amines is 1. The van der Waals surface area contributed by atoms with Gasteiger partial charge in [-0.05, 0) is 43.1 Å². The molecule has 30 heavy (non-hydrogen) atoms. The van der Waals surface area contributed by atoms with E-state index in [1.807, 2.05) is 31.3 Å². The van der Waals surface area contributed by atoms with Gasteiger partial charge in [-0.3, -0.25) is 9.78 Å². The first-order valence-electron chi connectivity index (χ1n) is 9.89. The molecule has 4 aromatic rings. The van der Waals surface area contributed by atoms with Crippen molar-refractivity contribution in [2.75, 3.05) is 20.7 Å². The van der Waals surface area contributed by atoms with E-state index in [4.69, 9.17) is 4.74 Å². The Morgan fingerprint density at radius 1 is 1.23 bits per heavy atom. The molecule has 0 spiro atoms. The van der Waals surface area contributed by atoms with Gasteiger partial charge >= 0.3 is 0 Å². The second-order valence-electron chi connectivity index (χ2n) is 7.53. The number of nitrogens with zero attached hydrogens (tertiary/aromatic N) is 1. The van der Waals surface area contributed by atoms with E-state index < -0.39 is 5.82 Å². The van der Waals surface area contributed by atoms with Gasteiger partial charge in [0.05, 0.1) is 23.5 Å². The Bertz CT molecular complexity index is 1300. The molecule has 2 aromatic heterocycles. The van der Waals surface area contributed by atoms with Crippen molar-refractivity contribution in [1.82, 2.24) is 15.3 Å². The first-order valence-corrected chi connectivity index (χ1v) is 9.89. The molecule has 0 aliphatic carbocycles. The second kappa shape index (κ2) is 7.88. The molecule has 5 nitrogen and oxygen atoms in total. The van der Waals surface area contributed by atoms with Crippen LogP contribution in [0, 0.1) is 12.7 Å². The van der Waals surface area contributed by atoms with Crippen LogP contribution in [0.3, 0.4) is 0 Å². The number of benzene rings is 2. The van der Waals surface area contributed by atoms with E-state index in [-0.39, 0.29) is 11.3 Å². The minimum Gasteiger partial charge on any atom is -0.493 e. The van der Waals surface area contributed by atoms with Crippen LogP contribution < -0.4 is 15.6 Å². The molecule has 1 atom stereocenters. The van der Waals surface area contributed by atoms with Gasteiger partial charge in [-0.15, -0.1) is 0 Å².